The lowest BCUT2D eigenvalue weighted by Crippen LogP contribution is -2.39. The number of benzene rings is 1. The summed E-state index contributed by atoms with van der Waals surface area (Å²) >= 11 is 1.64. The van der Waals surface area contributed by atoms with Gasteiger partial charge in [-0.05, 0) is 53.4 Å². The first kappa shape index (κ1) is 16.5. The van der Waals surface area contributed by atoms with Crippen LogP contribution in [0.2, 0.25) is 0 Å². The molecule has 1 unspecified atom stereocenters. The van der Waals surface area contributed by atoms with Gasteiger partial charge < -0.3 is 15.0 Å². The van der Waals surface area contributed by atoms with E-state index in [-0.39, 0.29) is 24.4 Å². The lowest BCUT2D eigenvalue weighted by atomic mass is 10.1. The van der Waals surface area contributed by atoms with E-state index < -0.39 is 0 Å². The number of hydrogen-bond acceptors (Lipinski definition) is 4. The molecule has 1 N–H and O–H groups in total. The quantitative estimate of drug-likeness (QED) is 0.907. The van der Waals surface area contributed by atoms with Gasteiger partial charge in [-0.1, -0.05) is 6.07 Å². The van der Waals surface area contributed by atoms with Crippen molar-refractivity contribution in [2.45, 2.75) is 18.9 Å². The van der Waals surface area contributed by atoms with Crippen LogP contribution in [0, 0.1) is 0 Å². The van der Waals surface area contributed by atoms with Gasteiger partial charge in [-0.2, -0.15) is 11.3 Å². The minimum absolute atomic E-state index is 0.0106. The molecule has 0 radical (unpaired) electrons. The second-order valence-electron chi connectivity index (χ2n) is 5.72. The number of likely N-dealkylation sites (tertiary alicyclic amines) is 1. The van der Waals surface area contributed by atoms with E-state index >= 15 is 0 Å². The van der Waals surface area contributed by atoms with Crippen LogP contribution in [0.5, 0.6) is 5.75 Å². The molecule has 2 aromatic rings. The van der Waals surface area contributed by atoms with Gasteiger partial charge in [0, 0.05) is 12.1 Å². The third-order valence-electron chi connectivity index (χ3n) is 4.23. The third kappa shape index (κ3) is 3.59. The van der Waals surface area contributed by atoms with Crippen molar-refractivity contribution in [3.05, 3.63) is 52.2 Å². The smallest absolute Gasteiger partial charge is 0.251 e. The predicted molar refractivity (Wildman–Crippen MR) is 93.3 cm³/mol. The summed E-state index contributed by atoms with van der Waals surface area (Å²) in [5.41, 5.74) is 1.67. The molecule has 6 heteroatoms. The number of rotatable bonds is 5. The number of ether oxygens (including phenoxy) is 1. The van der Waals surface area contributed by atoms with E-state index in [0.717, 1.165) is 19.4 Å². The first-order chi connectivity index (χ1) is 11.7. The largest absolute Gasteiger partial charge is 0.497 e. The molecule has 0 spiro atoms. The highest BCUT2D eigenvalue weighted by Crippen LogP contribution is 2.32. The molecule has 24 heavy (non-hydrogen) atoms. The Kier molecular flexibility index (Phi) is 5.15. The maximum Gasteiger partial charge on any atom is 0.251 e. The van der Waals surface area contributed by atoms with Crippen LogP contribution in [0.1, 0.15) is 34.8 Å². The molecule has 1 saturated heterocycles. The van der Waals surface area contributed by atoms with E-state index in [9.17, 15) is 9.59 Å². The Morgan fingerprint density at radius 2 is 2.25 bits per heavy atom. The molecule has 1 aliphatic rings. The molecule has 1 aromatic heterocycles. The molecular formula is C18H20N2O3S. The van der Waals surface area contributed by atoms with Gasteiger partial charge in [0.05, 0.1) is 19.7 Å². The summed E-state index contributed by atoms with van der Waals surface area (Å²) in [6.07, 6.45) is 1.97. The van der Waals surface area contributed by atoms with Crippen LogP contribution in [0.3, 0.4) is 0 Å². The maximum atomic E-state index is 12.5. The molecule has 1 aliphatic heterocycles. The molecule has 0 saturated carbocycles. The molecule has 1 aromatic carbocycles. The molecule has 3 rings (SSSR count). The topological polar surface area (TPSA) is 58.6 Å². The summed E-state index contributed by atoms with van der Waals surface area (Å²) in [7, 11) is 1.55. The van der Waals surface area contributed by atoms with Crippen molar-refractivity contribution in [3.63, 3.8) is 0 Å². The highest BCUT2D eigenvalue weighted by Gasteiger charge is 2.30. The second kappa shape index (κ2) is 7.49. The van der Waals surface area contributed by atoms with Crippen molar-refractivity contribution in [1.29, 1.82) is 0 Å². The monoisotopic (exact) mass is 344 g/mol. The molecule has 126 valence electrons. The molecule has 5 nitrogen and oxygen atoms in total. The number of thiophene rings is 1. The van der Waals surface area contributed by atoms with Crippen molar-refractivity contribution < 1.29 is 14.3 Å². The summed E-state index contributed by atoms with van der Waals surface area (Å²) in [6.45, 7) is 0.755. The van der Waals surface area contributed by atoms with Crippen molar-refractivity contribution in [3.8, 4) is 5.75 Å². The molecule has 1 atom stereocenters. The Labute approximate surface area is 145 Å². The SMILES string of the molecule is COc1cccc(C(=O)NCC(=O)N2CCCC2c2ccsc2)c1. The first-order valence-corrected chi connectivity index (χ1v) is 8.87. The van der Waals surface area contributed by atoms with Gasteiger partial charge in [0.1, 0.15) is 5.75 Å². The summed E-state index contributed by atoms with van der Waals surface area (Å²) in [4.78, 5) is 26.6. The van der Waals surface area contributed by atoms with Crippen LogP contribution in [0.15, 0.2) is 41.1 Å². The standard InChI is InChI=1S/C18H20N2O3S/c1-23-15-5-2-4-13(10-15)18(22)19-11-17(21)20-8-3-6-16(20)14-7-9-24-12-14/h2,4-5,7,9-10,12,16H,3,6,8,11H2,1H3,(H,19,22). The molecule has 2 amide bonds. The zero-order valence-corrected chi connectivity index (χ0v) is 14.3. The fourth-order valence-corrected chi connectivity index (χ4v) is 3.71. The van der Waals surface area contributed by atoms with Crippen molar-refractivity contribution >= 4 is 23.2 Å². The van der Waals surface area contributed by atoms with Crippen molar-refractivity contribution in [1.82, 2.24) is 10.2 Å². The Morgan fingerprint density at radius 3 is 3.00 bits per heavy atom. The van der Waals surface area contributed by atoms with E-state index in [1.807, 2.05) is 10.3 Å². The molecule has 1 fully saturated rings. The fourth-order valence-electron chi connectivity index (χ4n) is 3.00. The van der Waals surface area contributed by atoms with E-state index in [2.05, 4.69) is 16.8 Å². The normalized spacial score (nSPS) is 16.9. The first-order valence-electron chi connectivity index (χ1n) is 7.93. The van der Waals surface area contributed by atoms with Gasteiger partial charge in [-0.15, -0.1) is 0 Å². The minimum atomic E-state index is -0.270. The lowest BCUT2D eigenvalue weighted by molar-refractivity contribution is -0.131. The van der Waals surface area contributed by atoms with Crippen molar-refractivity contribution in [2.24, 2.45) is 0 Å². The average molecular weight is 344 g/mol. The summed E-state index contributed by atoms with van der Waals surface area (Å²) in [6, 6.07) is 9.09. The molecule has 0 bridgehead atoms. The minimum Gasteiger partial charge on any atom is -0.497 e. The van der Waals surface area contributed by atoms with E-state index in [1.54, 1.807) is 42.7 Å². The fraction of sp³-hybridized carbons (Fsp3) is 0.333. The van der Waals surface area contributed by atoms with Crippen LogP contribution in [-0.2, 0) is 4.79 Å². The zero-order chi connectivity index (χ0) is 16.9. The number of nitrogens with one attached hydrogen (secondary N) is 1. The van der Waals surface area contributed by atoms with E-state index in [4.69, 9.17) is 4.74 Å². The van der Waals surface area contributed by atoms with Crippen LogP contribution in [0.4, 0.5) is 0 Å². The van der Waals surface area contributed by atoms with Crippen LogP contribution >= 0.6 is 11.3 Å². The average Bonchev–Trinajstić information content (AvgIpc) is 3.30. The summed E-state index contributed by atoms with van der Waals surface area (Å²) < 4.78 is 5.11. The Bertz CT molecular complexity index is 715. The highest BCUT2D eigenvalue weighted by atomic mass is 32.1. The molecule has 0 aliphatic carbocycles. The summed E-state index contributed by atoms with van der Waals surface area (Å²) in [5, 5.41) is 6.83. The van der Waals surface area contributed by atoms with Gasteiger partial charge in [-0.25, -0.2) is 0 Å². The van der Waals surface area contributed by atoms with Gasteiger partial charge in [0.25, 0.3) is 5.91 Å². The van der Waals surface area contributed by atoms with Gasteiger partial charge in [0.2, 0.25) is 5.91 Å². The third-order valence-corrected chi connectivity index (χ3v) is 4.93. The Hall–Kier alpha value is -2.34. The lowest BCUT2D eigenvalue weighted by Gasteiger charge is -2.24. The van der Waals surface area contributed by atoms with Gasteiger partial charge >= 0.3 is 0 Å². The van der Waals surface area contributed by atoms with Crippen LogP contribution in [-0.4, -0.2) is 36.9 Å². The van der Waals surface area contributed by atoms with Crippen LogP contribution in [0.25, 0.3) is 0 Å². The van der Waals surface area contributed by atoms with Gasteiger partial charge in [-0.3, -0.25) is 9.59 Å². The Balaban J connectivity index is 1.59. The summed E-state index contributed by atoms with van der Waals surface area (Å²) in [5.74, 6) is 0.305. The van der Waals surface area contributed by atoms with E-state index in [0.29, 0.717) is 11.3 Å². The van der Waals surface area contributed by atoms with Crippen molar-refractivity contribution in [2.75, 3.05) is 20.2 Å². The van der Waals surface area contributed by atoms with E-state index in [1.165, 1.54) is 5.56 Å². The highest BCUT2D eigenvalue weighted by molar-refractivity contribution is 7.08. The number of methoxy groups -OCH3 is 1. The number of carbonyl (C=O) groups is 2. The maximum absolute atomic E-state index is 12.5. The van der Waals surface area contributed by atoms with Crippen LogP contribution < -0.4 is 10.1 Å². The zero-order valence-electron chi connectivity index (χ0n) is 13.5. The number of nitrogens with zero attached hydrogens (tertiary/aromatic N) is 1. The number of carbonyl (C=O) groups excluding carboxylic acids is 2. The molecular weight excluding hydrogens is 324 g/mol. The number of hydrogen-bond donors (Lipinski definition) is 1. The number of amides is 2. The Morgan fingerprint density at radius 1 is 1.38 bits per heavy atom. The molecule has 2 heterocycles. The predicted octanol–water partition coefficient (Wildman–Crippen LogP) is 2.85. The second-order valence-corrected chi connectivity index (χ2v) is 6.50. The van der Waals surface area contributed by atoms with Gasteiger partial charge in [0.15, 0.2) is 0 Å².